The minimum Gasteiger partial charge on any atom is -0.507 e. The first-order chi connectivity index (χ1) is 13.5. The maximum atomic E-state index is 12.8. The quantitative estimate of drug-likeness (QED) is 0.584. The molecule has 0 saturated carbocycles. The number of aliphatic hydroxyl groups is 1. The Morgan fingerprint density at radius 2 is 1.75 bits per heavy atom. The Balaban J connectivity index is 1.96. The Morgan fingerprint density at radius 3 is 2.50 bits per heavy atom. The van der Waals surface area contributed by atoms with Crippen LogP contribution in [0.3, 0.4) is 0 Å². The average Bonchev–Trinajstić information content (AvgIpc) is 2.98. The summed E-state index contributed by atoms with van der Waals surface area (Å²) in [5.41, 5.74) is 2.73. The number of halogens is 1. The van der Waals surface area contributed by atoms with E-state index in [0.717, 1.165) is 5.56 Å². The molecular weight excluding hydrogens is 378 g/mol. The molecule has 7 heteroatoms. The van der Waals surface area contributed by atoms with Gasteiger partial charge in [0.25, 0.3) is 11.4 Å². The maximum absolute atomic E-state index is 12.8. The number of nitrogens with zero attached hydrogens (tertiary/aromatic N) is 1. The number of H-pyrrole nitrogens is 1. The van der Waals surface area contributed by atoms with Crippen molar-refractivity contribution in [3.05, 3.63) is 102 Å². The largest absolute Gasteiger partial charge is 0.507 e. The molecule has 2 aromatic carbocycles. The average molecular weight is 393 g/mol. The van der Waals surface area contributed by atoms with Crippen LogP contribution in [0.4, 0.5) is 5.82 Å². The minimum atomic E-state index is -0.622. The summed E-state index contributed by atoms with van der Waals surface area (Å²) in [7, 11) is 1.59. The lowest BCUT2D eigenvalue weighted by Gasteiger charge is -2.23. The lowest BCUT2D eigenvalue weighted by molar-refractivity contribution is -0.363. The molecule has 3 N–H and O–H groups in total. The molecule has 5 rings (SSSR count). The SMILES string of the molecule is Cn1c2c(c(=O)[nH]c1=O)C(c1ccccc1Cl)C1=C(O)c3ccccc3C1=[NH+]2. The van der Waals surface area contributed by atoms with Gasteiger partial charge in [-0.3, -0.25) is 9.78 Å². The summed E-state index contributed by atoms with van der Waals surface area (Å²) in [5.74, 6) is -0.133. The van der Waals surface area contributed by atoms with Crippen molar-refractivity contribution in [3.8, 4) is 0 Å². The number of aromatic nitrogens is 2. The van der Waals surface area contributed by atoms with Crippen molar-refractivity contribution in [2.75, 3.05) is 0 Å². The van der Waals surface area contributed by atoms with Crippen molar-refractivity contribution in [3.63, 3.8) is 0 Å². The number of benzene rings is 2. The molecule has 1 aliphatic carbocycles. The molecule has 138 valence electrons. The number of rotatable bonds is 1. The van der Waals surface area contributed by atoms with E-state index in [1.165, 1.54) is 4.57 Å². The van der Waals surface area contributed by atoms with Crippen LogP contribution in [0.15, 0.2) is 63.7 Å². The van der Waals surface area contributed by atoms with Gasteiger partial charge in [-0.15, -0.1) is 0 Å². The van der Waals surface area contributed by atoms with E-state index in [1.807, 2.05) is 36.4 Å². The smallest absolute Gasteiger partial charge is 0.415 e. The topological polar surface area (TPSA) is 89.1 Å². The van der Waals surface area contributed by atoms with E-state index >= 15 is 0 Å². The third kappa shape index (κ3) is 2.12. The third-order valence-electron chi connectivity index (χ3n) is 5.37. The fourth-order valence-corrected chi connectivity index (χ4v) is 4.32. The van der Waals surface area contributed by atoms with Gasteiger partial charge in [0.1, 0.15) is 17.0 Å². The zero-order valence-electron chi connectivity index (χ0n) is 14.8. The number of nitrogens with one attached hydrogen (secondary N) is 2. The maximum Gasteiger partial charge on any atom is 0.415 e. The number of aromatic amines is 1. The molecule has 1 unspecified atom stereocenters. The summed E-state index contributed by atoms with van der Waals surface area (Å²) >= 11 is 6.48. The lowest BCUT2D eigenvalue weighted by atomic mass is 9.81. The molecule has 0 saturated heterocycles. The molecule has 0 radical (unpaired) electrons. The van der Waals surface area contributed by atoms with Crippen molar-refractivity contribution < 1.29 is 10.1 Å². The number of fused-ring (bicyclic) bond motifs is 4. The molecule has 0 fully saturated rings. The highest BCUT2D eigenvalue weighted by atomic mass is 35.5. The first kappa shape index (κ1) is 16.8. The van der Waals surface area contributed by atoms with Crippen molar-refractivity contribution in [2.24, 2.45) is 7.05 Å². The van der Waals surface area contributed by atoms with E-state index in [2.05, 4.69) is 9.98 Å². The molecular formula is C21H15ClN3O3+. The molecule has 6 nitrogen and oxygen atoms in total. The molecule has 3 aromatic rings. The van der Waals surface area contributed by atoms with Crippen LogP contribution >= 0.6 is 11.6 Å². The van der Waals surface area contributed by atoms with Crippen LogP contribution in [-0.4, -0.2) is 20.4 Å². The standard InChI is InChI=1S/C21H14ClN3O3/c1-25-19-16(20(27)24-21(25)28)14(12-8-4-5-9-13(12)22)15-17(23-19)10-6-2-3-7-11(10)18(15)26/h2-9,14,26H,1H3,(H,24,27,28)/p+1. The van der Waals surface area contributed by atoms with E-state index < -0.39 is 17.2 Å². The van der Waals surface area contributed by atoms with E-state index in [9.17, 15) is 14.7 Å². The van der Waals surface area contributed by atoms with E-state index in [0.29, 0.717) is 38.8 Å². The zero-order valence-corrected chi connectivity index (χ0v) is 15.5. The minimum absolute atomic E-state index is 0.0990. The molecule has 2 aliphatic rings. The van der Waals surface area contributed by atoms with Crippen molar-refractivity contribution in [1.29, 1.82) is 0 Å². The van der Waals surface area contributed by atoms with Gasteiger partial charge in [-0.05, 0) is 17.7 Å². The molecule has 0 bridgehead atoms. The fourth-order valence-electron chi connectivity index (χ4n) is 4.07. The number of aliphatic hydroxyl groups excluding tert-OH is 1. The van der Waals surface area contributed by atoms with Gasteiger partial charge in [0.05, 0.1) is 18.5 Å². The molecule has 2 heterocycles. The highest BCUT2D eigenvalue weighted by molar-refractivity contribution is 6.32. The first-order valence-electron chi connectivity index (χ1n) is 8.74. The second-order valence-electron chi connectivity index (χ2n) is 6.84. The van der Waals surface area contributed by atoms with Crippen molar-refractivity contribution in [2.45, 2.75) is 5.92 Å². The van der Waals surface area contributed by atoms with Crippen LogP contribution in [0.1, 0.15) is 28.2 Å². The van der Waals surface area contributed by atoms with E-state index in [1.54, 1.807) is 19.2 Å². The Kier molecular flexibility index (Phi) is 3.48. The normalized spacial score (nSPS) is 17.1. The van der Waals surface area contributed by atoms with Crippen LogP contribution < -0.4 is 16.2 Å². The van der Waals surface area contributed by atoms with Crippen molar-refractivity contribution >= 4 is 28.9 Å². The Hall–Kier alpha value is -3.38. The Morgan fingerprint density at radius 1 is 1.07 bits per heavy atom. The van der Waals surface area contributed by atoms with Crippen LogP contribution in [0, 0.1) is 0 Å². The summed E-state index contributed by atoms with van der Waals surface area (Å²) in [6.07, 6.45) is 0. The van der Waals surface area contributed by atoms with Gasteiger partial charge in [0.15, 0.2) is 0 Å². The summed E-state index contributed by atoms with van der Waals surface area (Å²) in [5, 5.41) is 11.5. The Labute approximate surface area is 164 Å². The monoisotopic (exact) mass is 392 g/mol. The summed E-state index contributed by atoms with van der Waals surface area (Å²) in [6, 6.07) is 14.6. The molecule has 28 heavy (non-hydrogen) atoms. The summed E-state index contributed by atoms with van der Waals surface area (Å²) < 4.78 is 1.36. The molecule has 0 spiro atoms. The van der Waals surface area contributed by atoms with Gasteiger partial charge in [0.2, 0.25) is 0 Å². The van der Waals surface area contributed by atoms with Gasteiger partial charge >= 0.3 is 5.69 Å². The van der Waals surface area contributed by atoms with Gasteiger partial charge in [0, 0.05) is 16.1 Å². The van der Waals surface area contributed by atoms with E-state index in [-0.39, 0.29) is 5.76 Å². The molecule has 1 aromatic heterocycles. The number of hydrogen-bond acceptors (Lipinski definition) is 3. The third-order valence-corrected chi connectivity index (χ3v) is 5.72. The molecule has 1 atom stereocenters. The van der Waals surface area contributed by atoms with Gasteiger partial charge < -0.3 is 5.11 Å². The number of hydrogen-bond donors (Lipinski definition) is 3. The predicted molar refractivity (Wildman–Crippen MR) is 106 cm³/mol. The van der Waals surface area contributed by atoms with Crippen molar-refractivity contribution in [1.82, 2.24) is 9.55 Å². The van der Waals surface area contributed by atoms with Crippen LogP contribution in [0.5, 0.6) is 0 Å². The molecule has 1 aliphatic heterocycles. The van der Waals surface area contributed by atoms with Gasteiger partial charge in [-0.1, -0.05) is 48.0 Å². The highest BCUT2D eigenvalue weighted by Gasteiger charge is 2.44. The van der Waals surface area contributed by atoms with Gasteiger partial charge in [-0.2, -0.15) is 4.57 Å². The van der Waals surface area contributed by atoms with Crippen LogP contribution in [-0.2, 0) is 7.05 Å². The van der Waals surface area contributed by atoms with Crippen LogP contribution in [0.2, 0.25) is 5.02 Å². The summed E-state index contributed by atoms with van der Waals surface area (Å²) in [6.45, 7) is 0. The predicted octanol–water partition coefficient (Wildman–Crippen LogP) is 1.36. The van der Waals surface area contributed by atoms with Crippen LogP contribution in [0.25, 0.3) is 5.76 Å². The Bertz CT molecular complexity index is 1350. The number of allylic oxidation sites excluding steroid dienone is 1. The van der Waals surface area contributed by atoms with E-state index in [4.69, 9.17) is 11.6 Å². The summed E-state index contributed by atoms with van der Waals surface area (Å²) in [4.78, 5) is 30.6. The highest BCUT2D eigenvalue weighted by Crippen LogP contribution is 2.44. The first-order valence-corrected chi connectivity index (χ1v) is 9.11. The zero-order chi connectivity index (χ0) is 19.6. The second-order valence-corrected chi connectivity index (χ2v) is 7.25. The molecule has 0 amide bonds. The lowest BCUT2D eigenvalue weighted by Crippen LogP contribution is -2.72. The second kappa shape index (κ2) is 5.81. The fraction of sp³-hybridized carbons (Fsp3) is 0.0952. The van der Waals surface area contributed by atoms with Gasteiger partial charge in [-0.25, -0.2) is 9.79 Å².